The number of hydrogen-bond acceptors (Lipinski definition) is 2. The number of halogens is 2. The zero-order valence-electron chi connectivity index (χ0n) is 12.8. The third kappa shape index (κ3) is 3.91. The molecule has 0 saturated heterocycles. The molecule has 0 heterocycles. The van der Waals surface area contributed by atoms with E-state index in [1.54, 1.807) is 25.1 Å². The summed E-state index contributed by atoms with van der Waals surface area (Å²) in [6.07, 6.45) is 0. The molecule has 2 amide bonds. The lowest BCUT2D eigenvalue weighted by atomic mass is 10.2. The summed E-state index contributed by atoms with van der Waals surface area (Å²) in [5.74, 6) is -3.40. The van der Waals surface area contributed by atoms with Gasteiger partial charge in [0.15, 0.2) is 0 Å². The number of rotatable bonds is 3. The summed E-state index contributed by atoms with van der Waals surface area (Å²) in [5.41, 5.74) is 1.13. The molecule has 0 radical (unpaired) electrons. The van der Waals surface area contributed by atoms with Gasteiger partial charge in [-0.25, -0.2) is 8.78 Å². The average molecular weight is 318 g/mol. The van der Waals surface area contributed by atoms with E-state index in [2.05, 4.69) is 5.32 Å². The van der Waals surface area contributed by atoms with Crippen LogP contribution in [-0.4, -0.2) is 18.4 Å². The van der Waals surface area contributed by atoms with Gasteiger partial charge in [0.1, 0.15) is 11.6 Å². The van der Waals surface area contributed by atoms with Crippen LogP contribution in [0.5, 0.6) is 0 Å². The van der Waals surface area contributed by atoms with Crippen LogP contribution in [0.4, 0.5) is 20.2 Å². The normalized spacial score (nSPS) is 10.3. The fourth-order valence-corrected chi connectivity index (χ4v) is 2.13. The maximum atomic E-state index is 13.5. The number of benzene rings is 2. The Morgan fingerprint density at radius 1 is 1.13 bits per heavy atom. The Balaban J connectivity index is 2.20. The molecule has 6 heteroatoms. The number of carbonyl (C=O) groups excluding carboxylic acids is 2. The first-order valence-electron chi connectivity index (χ1n) is 7.07. The molecule has 0 aliphatic heterocycles. The van der Waals surface area contributed by atoms with Gasteiger partial charge in [-0.15, -0.1) is 0 Å². The van der Waals surface area contributed by atoms with Crippen LogP contribution in [0.2, 0.25) is 0 Å². The van der Waals surface area contributed by atoms with Crippen LogP contribution in [-0.2, 0) is 9.59 Å². The number of nitrogens with one attached hydrogen (secondary N) is 1. The molecule has 0 bridgehead atoms. The maximum Gasteiger partial charge on any atom is 0.316 e. The van der Waals surface area contributed by atoms with Crippen molar-refractivity contribution >= 4 is 23.2 Å². The minimum absolute atomic E-state index is 0.265. The van der Waals surface area contributed by atoms with Crippen LogP contribution in [0.1, 0.15) is 12.5 Å². The van der Waals surface area contributed by atoms with Crippen molar-refractivity contribution in [1.82, 2.24) is 0 Å². The highest BCUT2D eigenvalue weighted by Gasteiger charge is 2.23. The maximum absolute atomic E-state index is 13.5. The number of anilines is 2. The Kier molecular flexibility index (Phi) is 5.05. The molecule has 2 aromatic carbocycles. The van der Waals surface area contributed by atoms with E-state index in [1.807, 2.05) is 13.0 Å². The minimum Gasteiger partial charge on any atom is -0.315 e. The fraction of sp³-hybridized carbons (Fsp3) is 0.176. The lowest BCUT2D eigenvalue weighted by molar-refractivity contribution is -0.134. The van der Waals surface area contributed by atoms with Gasteiger partial charge in [-0.05, 0) is 43.7 Å². The molecule has 0 spiro atoms. The Morgan fingerprint density at radius 2 is 1.87 bits per heavy atom. The van der Waals surface area contributed by atoms with Crippen molar-refractivity contribution in [3.05, 3.63) is 59.7 Å². The lowest BCUT2D eigenvalue weighted by Crippen LogP contribution is -2.40. The second-order valence-electron chi connectivity index (χ2n) is 4.97. The van der Waals surface area contributed by atoms with Gasteiger partial charge in [0.25, 0.3) is 0 Å². The highest BCUT2D eigenvalue weighted by atomic mass is 19.1. The van der Waals surface area contributed by atoms with E-state index in [0.717, 1.165) is 23.8 Å². The molecule has 120 valence electrons. The highest BCUT2D eigenvalue weighted by molar-refractivity contribution is 6.44. The fourth-order valence-electron chi connectivity index (χ4n) is 2.13. The van der Waals surface area contributed by atoms with Crippen LogP contribution in [0.25, 0.3) is 0 Å². The second kappa shape index (κ2) is 7.00. The van der Waals surface area contributed by atoms with E-state index in [0.29, 0.717) is 5.69 Å². The van der Waals surface area contributed by atoms with Crippen LogP contribution in [0.3, 0.4) is 0 Å². The summed E-state index contributed by atoms with van der Waals surface area (Å²) in [6, 6.07) is 9.73. The van der Waals surface area contributed by atoms with Gasteiger partial charge in [0.2, 0.25) is 0 Å². The molecule has 2 rings (SSSR count). The third-order valence-corrected chi connectivity index (χ3v) is 3.25. The van der Waals surface area contributed by atoms with Crippen LogP contribution in [0, 0.1) is 18.6 Å². The first-order valence-corrected chi connectivity index (χ1v) is 7.07. The van der Waals surface area contributed by atoms with Gasteiger partial charge in [-0.3, -0.25) is 9.59 Å². The number of nitrogens with zero attached hydrogens (tertiary/aromatic N) is 1. The molecular formula is C17H16F2N2O2. The summed E-state index contributed by atoms with van der Waals surface area (Å²) in [5, 5.41) is 2.10. The van der Waals surface area contributed by atoms with Crippen molar-refractivity contribution in [1.29, 1.82) is 0 Å². The Hall–Kier alpha value is -2.76. The smallest absolute Gasteiger partial charge is 0.315 e. The third-order valence-electron chi connectivity index (χ3n) is 3.25. The summed E-state index contributed by atoms with van der Waals surface area (Å²) >= 11 is 0. The predicted octanol–water partition coefficient (Wildman–Crippen LogP) is 3.26. The zero-order valence-corrected chi connectivity index (χ0v) is 12.8. The molecule has 1 N–H and O–H groups in total. The molecule has 23 heavy (non-hydrogen) atoms. The van der Waals surface area contributed by atoms with Crippen LogP contribution < -0.4 is 10.2 Å². The first-order chi connectivity index (χ1) is 10.9. The number of aryl methyl sites for hydroxylation is 1. The van der Waals surface area contributed by atoms with Crippen molar-refractivity contribution in [2.45, 2.75) is 13.8 Å². The van der Waals surface area contributed by atoms with Crippen molar-refractivity contribution in [2.75, 3.05) is 16.8 Å². The molecule has 0 fully saturated rings. The van der Waals surface area contributed by atoms with Crippen molar-refractivity contribution in [3.8, 4) is 0 Å². The Morgan fingerprint density at radius 3 is 2.52 bits per heavy atom. The molecule has 0 aliphatic rings. The van der Waals surface area contributed by atoms with Crippen LogP contribution >= 0.6 is 0 Å². The quantitative estimate of drug-likeness (QED) is 0.883. The molecule has 2 aromatic rings. The van der Waals surface area contributed by atoms with E-state index in [-0.39, 0.29) is 12.2 Å². The van der Waals surface area contributed by atoms with Gasteiger partial charge < -0.3 is 10.2 Å². The van der Waals surface area contributed by atoms with Crippen molar-refractivity contribution in [3.63, 3.8) is 0 Å². The minimum atomic E-state index is -1.03. The first kappa shape index (κ1) is 16.6. The summed E-state index contributed by atoms with van der Waals surface area (Å²) in [7, 11) is 0. The number of likely N-dealkylation sites (N-methyl/N-ethyl adjacent to an activating group) is 1. The second-order valence-corrected chi connectivity index (χ2v) is 4.97. The van der Waals surface area contributed by atoms with E-state index >= 15 is 0 Å². The SMILES string of the molecule is CCN(C(=O)C(=O)Nc1cc(F)ccc1F)c1cccc(C)c1. The van der Waals surface area contributed by atoms with Gasteiger partial charge >= 0.3 is 11.8 Å². The molecule has 0 atom stereocenters. The Labute approximate surface area is 132 Å². The van der Waals surface area contributed by atoms with Gasteiger partial charge in [0.05, 0.1) is 5.69 Å². The summed E-state index contributed by atoms with van der Waals surface area (Å²) in [4.78, 5) is 25.6. The summed E-state index contributed by atoms with van der Waals surface area (Å²) in [6.45, 7) is 3.85. The van der Waals surface area contributed by atoms with E-state index in [1.165, 1.54) is 4.90 Å². The van der Waals surface area contributed by atoms with Crippen molar-refractivity contribution < 1.29 is 18.4 Å². The number of hydrogen-bond donors (Lipinski definition) is 1. The molecular weight excluding hydrogens is 302 g/mol. The van der Waals surface area contributed by atoms with Gasteiger partial charge in [0, 0.05) is 18.3 Å². The standard InChI is InChI=1S/C17H16F2N2O2/c1-3-21(13-6-4-5-11(2)9-13)17(23)16(22)20-15-10-12(18)7-8-14(15)19/h4-10H,3H2,1-2H3,(H,20,22). The Bertz CT molecular complexity index is 747. The van der Waals surface area contributed by atoms with E-state index in [9.17, 15) is 18.4 Å². The number of amides is 2. The number of carbonyl (C=O) groups is 2. The van der Waals surface area contributed by atoms with Crippen molar-refractivity contribution in [2.24, 2.45) is 0 Å². The molecule has 0 aromatic heterocycles. The van der Waals surface area contributed by atoms with E-state index < -0.39 is 23.4 Å². The van der Waals surface area contributed by atoms with Gasteiger partial charge in [-0.2, -0.15) is 0 Å². The molecule has 0 saturated carbocycles. The monoisotopic (exact) mass is 318 g/mol. The summed E-state index contributed by atoms with van der Waals surface area (Å²) < 4.78 is 26.7. The average Bonchev–Trinajstić information content (AvgIpc) is 2.51. The van der Waals surface area contributed by atoms with E-state index in [4.69, 9.17) is 0 Å². The highest BCUT2D eigenvalue weighted by Crippen LogP contribution is 2.18. The lowest BCUT2D eigenvalue weighted by Gasteiger charge is -2.20. The molecule has 0 unspecified atom stereocenters. The van der Waals surface area contributed by atoms with Gasteiger partial charge in [-0.1, -0.05) is 12.1 Å². The predicted molar refractivity (Wildman–Crippen MR) is 84.2 cm³/mol. The van der Waals surface area contributed by atoms with Crippen LogP contribution in [0.15, 0.2) is 42.5 Å². The zero-order chi connectivity index (χ0) is 17.0. The molecule has 0 aliphatic carbocycles. The largest absolute Gasteiger partial charge is 0.316 e. The topological polar surface area (TPSA) is 49.4 Å². The molecule has 4 nitrogen and oxygen atoms in total.